The van der Waals surface area contributed by atoms with Crippen LogP contribution in [-0.4, -0.2) is 0 Å². The molecule has 0 aliphatic carbocycles. The Morgan fingerprint density at radius 3 is 2.56 bits per heavy atom. The molecular weight excluding hydrogens is 314 g/mol. The molecule has 0 spiro atoms. The summed E-state index contributed by atoms with van der Waals surface area (Å²) >= 11 is 9.30. The van der Waals surface area contributed by atoms with E-state index in [1.165, 1.54) is 5.56 Å². The van der Waals surface area contributed by atoms with Gasteiger partial charge in [-0.05, 0) is 59.6 Å². The van der Waals surface area contributed by atoms with Gasteiger partial charge < -0.3 is 9.73 Å². The highest BCUT2D eigenvalue weighted by atomic mass is 79.9. The number of hydrogen-bond donors (Lipinski definition) is 1. The summed E-state index contributed by atoms with van der Waals surface area (Å²) in [4.78, 5) is 0. The number of halogens is 2. The Labute approximate surface area is 120 Å². The van der Waals surface area contributed by atoms with Gasteiger partial charge >= 0.3 is 0 Å². The van der Waals surface area contributed by atoms with Crippen molar-refractivity contribution in [1.29, 1.82) is 0 Å². The molecule has 1 aromatic carbocycles. The maximum atomic E-state index is 5.99. The minimum atomic E-state index is 0.144. The Hall–Kier alpha value is -0.770. The van der Waals surface area contributed by atoms with Crippen LogP contribution in [0.15, 0.2) is 45.5 Å². The number of furan rings is 1. The lowest BCUT2D eigenvalue weighted by molar-refractivity contribution is 0.394. The molecule has 0 radical (unpaired) electrons. The van der Waals surface area contributed by atoms with E-state index in [4.69, 9.17) is 16.0 Å². The summed E-state index contributed by atoms with van der Waals surface area (Å²) in [6, 6.07) is 12.1. The summed E-state index contributed by atoms with van der Waals surface area (Å²) in [6.45, 7) is 4.19. The zero-order valence-electron chi connectivity index (χ0n) is 10.3. The van der Waals surface area contributed by atoms with Crippen molar-refractivity contribution in [3.05, 3.63) is 57.4 Å². The fraction of sp³-hybridized carbons (Fsp3) is 0.286. The third-order valence-corrected chi connectivity index (χ3v) is 3.53. The average molecular weight is 329 g/mol. The van der Waals surface area contributed by atoms with Gasteiger partial charge in [0, 0.05) is 11.1 Å². The second-order valence-electron chi connectivity index (χ2n) is 4.31. The largest absolute Gasteiger partial charge is 0.453 e. The predicted octanol–water partition coefficient (Wildman–Crippen LogP) is 5.11. The molecule has 1 N–H and O–H groups in total. The monoisotopic (exact) mass is 327 g/mol. The predicted molar refractivity (Wildman–Crippen MR) is 77.8 cm³/mol. The lowest BCUT2D eigenvalue weighted by Crippen LogP contribution is -2.22. The van der Waals surface area contributed by atoms with E-state index in [0.29, 0.717) is 0 Å². The lowest BCUT2D eigenvalue weighted by atomic mass is 10.1. The molecule has 0 aliphatic heterocycles. The third kappa shape index (κ3) is 3.37. The van der Waals surface area contributed by atoms with E-state index in [1.807, 2.05) is 30.3 Å². The molecular formula is C14H15BrClNO. The highest BCUT2D eigenvalue weighted by Crippen LogP contribution is 2.24. The van der Waals surface area contributed by atoms with Gasteiger partial charge in [-0.15, -0.1) is 0 Å². The molecule has 0 saturated carbocycles. The van der Waals surface area contributed by atoms with Crippen LogP contribution in [0, 0.1) is 0 Å². The molecule has 0 aliphatic rings. The lowest BCUT2D eigenvalue weighted by Gasteiger charge is -2.19. The zero-order valence-corrected chi connectivity index (χ0v) is 12.6. The SMILES string of the molecule is CC(N[C@@H](C)c1cccc(Cl)c1)c1ccc(Br)o1. The molecule has 1 aromatic heterocycles. The van der Waals surface area contributed by atoms with E-state index in [2.05, 4.69) is 41.2 Å². The van der Waals surface area contributed by atoms with Crippen LogP contribution >= 0.6 is 27.5 Å². The van der Waals surface area contributed by atoms with Crippen molar-refractivity contribution in [3.8, 4) is 0 Å². The second kappa shape index (κ2) is 5.91. The topological polar surface area (TPSA) is 25.2 Å². The fourth-order valence-corrected chi connectivity index (χ4v) is 2.41. The van der Waals surface area contributed by atoms with Gasteiger partial charge in [-0.2, -0.15) is 0 Å². The van der Waals surface area contributed by atoms with E-state index >= 15 is 0 Å². The summed E-state index contributed by atoms with van der Waals surface area (Å²) in [5, 5.41) is 4.24. The molecule has 2 atom stereocenters. The first kappa shape index (κ1) is 13.7. The van der Waals surface area contributed by atoms with Gasteiger partial charge in [0.1, 0.15) is 5.76 Å². The Balaban J connectivity index is 2.05. The molecule has 2 aromatic rings. The van der Waals surface area contributed by atoms with Crippen LogP contribution in [0.2, 0.25) is 5.02 Å². The molecule has 1 unspecified atom stereocenters. The van der Waals surface area contributed by atoms with Crippen molar-refractivity contribution in [2.45, 2.75) is 25.9 Å². The maximum Gasteiger partial charge on any atom is 0.169 e. The minimum Gasteiger partial charge on any atom is -0.453 e. The second-order valence-corrected chi connectivity index (χ2v) is 5.52. The zero-order chi connectivity index (χ0) is 13.1. The molecule has 0 saturated heterocycles. The van der Waals surface area contributed by atoms with E-state index in [9.17, 15) is 0 Å². The van der Waals surface area contributed by atoms with Crippen molar-refractivity contribution >= 4 is 27.5 Å². The molecule has 18 heavy (non-hydrogen) atoms. The first-order valence-corrected chi connectivity index (χ1v) is 7.00. The van der Waals surface area contributed by atoms with Crippen LogP contribution in [0.3, 0.4) is 0 Å². The van der Waals surface area contributed by atoms with Crippen molar-refractivity contribution in [2.75, 3.05) is 0 Å². The van der Waals surface area contributed by atoms with Crippen LogP contribution in [0.5, 0.6) is 0 Å². The van der Waals surface area contributed by atoms with E-state index in [0.717, 1.165) is 15.5 Å². The van der Waals surface area contributed by atoms with Gasteiger partial charge in [0.25, 0.3) is 0 Å². The van der Waals surface area contributed by atoms with Crippen molar-refractivity contribution in [1.82, 2.24) is 5.32 Å². The molecule has 2 rings (SSSR count). The first-order valence-electron chi connectivity index (χ1n) is 5.83. The smallest absolute Gasteiger partial charge is 0.169 e. The van der Waals surface area contributed by atoms with Crippen LogP contribution in [-0.2, 0) is 0 Å². The van der Waals surface area contributed by atoms with E-state index < -0.39 is 0 Å². The highest BCUT2D eigenvalue weighted by Gasteiger charge is 2.14. The van der Waals surface area contributed by atoms with Gasteiger partial charge in [-0.3, -0.25) is 0 Å². The summed E-state index contributed by atoms with van der Waals surface area (Å²) in [5.74, 6) is 0.913. The van der Waals surface area contributed by atoms with Crippen molar-refractivity contribution in [2.24, 2.45) is 0 Å². The summed E-state index contributed by atoms with van der Waals surface area (Å²) in [6.07, 6.45) is 0. The molecule has 0 amide bonds. The van der Waals surface area contributed by atoms with Gasteiger partial charge in [0.05, 0.1) is 6.04 Å². The number of rotatable bonds is 4. The van der Waals surface area contributed by atoms with E-state index in [-0.39, 0.29) is 12.1 Å². The van der Waals surface area contributed by atoms with Crippen LogP contribution in [0.1, 0.15) is 37.3 Å². The van der Waals surface area contributed by atoms with Crippen molar-refractivity contribution in [3.63, 3.8) is 0 Å². The molecule has 0 bridgehead atoms. The van der Waals surface area contributed by atoms with Gasteiger partial charge in [0.15, 0.2) is 4.67 Å². The van der Waals surface area contributed by atoms with Crippen molar-refractivity contribution < 1.29 is 4.42 Å². The average Bonchev–Trinajstić information content (AvgIpc) is 2.76. The quantitative estimate of drug-likeness (QED) is 0.844. The molecule has 1 heterocycles. The van der Waals surface area contributed by atoms with Crippen LogP contribution in [0.25, 0.3) is 0 Å². The number of benzene rings is 1. The first-order chi connectivity index (χ1) is 8.56. The van der Waals surface area contributed by atoms with Crippen LogP contribution in [0.4, 0.5) is 0 Å². The Bertz CT molecular complexity index is 526. The van der Waals surface area contributed by atoms with E-state index in [1.54, 1.807) is 0 Å². The van der Waals surface area contributed by atoms with Crippen LogP contribution < -0.4 is 5.32 Å². The Morgan fingerprint density at radius 2 is 1.94 bits per heavy atom. The summed E-state index contributed by atoms with van der Waals surface area (Å²) in [5.41, 5.74) is 1.17. The number of hydrogen-bond acceptors (Lipinski definition) is 2. The molecule has 96 valence electrons. The number of nitrogens with one attached hydrogen (secondary N) is 1. The van der Waals surface area contributed by atoms with Gasteiger partial charge in [-0.1, -0.05) is 23.7 Å². The van der Waals surface area contributed by atoms with Gasteiger partial charge in [-0.25, -0.2) is 0 Å². The molecule has 0 fully saturated rings. The fourth-order valence-electron chi connectivity index (χ4n) is 1.89. The standard InChI is InChI=1S/C14H15BrClNO/c1-9(11-4-3-5-12(16)8-11)17-10(2)13-6-7-14(15)18-13/h3-10,17H,1-2H3/t9-,10?/m0/s1. The maximum absolute atomic E-state index is 5.99. The minimum absolute atomic E-state index is 0.144. The molecule has 4 heteroatoms. The van der Waals surface area contributed by atoms with Gasteiger partial charge in [0.2, 0.25) is 0 Å². The Kier molecular flexibility index (Phi) is 4.49. The Morgan fingerprint density at radius 1 is 1.17 bits per heavy atom. The molecule has 2 nitrogen and oxygen atoms in total. The highest BCUT2D eigenvalue weighted by molar-refractivity contribution is 9.10. The summed E-state index contributed by atoms with van der Waals surface area (Å²) < 4.78 is 6.29. The summed E-state index contributed by atoms with van der Waals surface area (Å²) in [7, 11) is 0. The third-order valence-electron chi connectivity index (χ3n) is 2.87. The normalized spacial score (nSPS) is 14.4.